The smallest absolute Gasteiger partial charge is 0.314 e. The van der Waals surface area contributed by atoms with Crippen LogP contribution in [0.15, 0.2) is 24.3 Å². The van der Waals surface area contributed by atoms with E-state index in [2.05, 4.69) is 0 Å². The zero-order chi connectivity index (χ0) is 15.7. The highest BCUT2D eigenvalue weighted by atomic mass is 16.4. The fraction of sp³-hybridized carbons (Fsp3) is 0.529. The molecule has 5 nitrogen and oxygen atoms in total. The summed E-state index contributed by atoms with van der Waals surface area (Å²) in [5.41, 5.74) is 0.994. The normalized spacial score (nSPS) is 21.2. The van der Waals surface area contributed by atoms with E-state index < -0.39 is 11.4 Å². The van der Waals surface area contributed by atoms with Crippen molar-refractivity contribution in [2.24, 2.45) is 0 Å². The van der Waals surface area contributed by atoms with Gasteiger partial charge in [-0.3, -0.25) is 9.59 Å². The van der Waals surface area contributed by atoms with Crippen LogP contribution in [-0.4, -0.2) is 48.6 Å². The molecule has 1 saturated heterocycles. The van der Waals surface area contributed by atoms with Gasteiger partial charge in [0, 0.05) is 25.8 Å². The number of piperazine rings is 1. The fourth-order valence-electron chi connectivity index (χ4n) is 3.70. The summed E-state index contributed by atoms with van der Waals surface area (Å²) in [6.45, 7) is 1.74. The molecule has 1 amide bonds. The number of carbonyl (C=O) groups is 2. The van der Waals surface area contributed by atoms with Crippen molar-refractivity contribution in [2.75, 3.05) is 31.6 Å². The first-order chi connectivity index (χ1) is 10.5. The van der Waals surface area contributed by atoms with Crippen LogP contribution < -0.4 is 4.90 Å². The number of aliphatic carboxylic acids is 1. The molecule has 1 aromatic carbocycles. The van der Waals surface area contributed by atoms with Crippen molar-refractivity contribution in [3.05, 3.63) is 29.8 Å². The lowest BCUT2D eigenvalue weighted by molar-refractivity contribution is -0.143. The van der Waals surface area contributed by atoms with Crippen molar-refractivity contribution in [3.8, 4) is 0 Å². The Hall–Kier alpha value is -2.04. The Bertz CT molecular complexity index is 593. The molecule has 1 aliphatic heterocycles. The number of carboxylic acids is 1. The number of nitrogens with zero attached hydrogens (tertiary/aromatic N) is 2. The van der Waals surface area contributed by atoms with Crippen molar-refractivity contribution in [1.29, 1.82) is 0 Å². The molecule has 0 radical (unpaired) electrons. The van der Waals surface area contributed by atoms with E-state index in [0.29, 0.717) is 25.9 Å². The Morgan fingerprint density at radius 1 is 1.18 bits per heavy atom. The summed E-state index contributed by atoms with van der Waals surface area (Å²) in [6, 6.07) is 7.71. The molecule has 0 bridgehead atoms. The number of amides is 1. The minimum absolute atomic E-state index is 0.0804. The summed E-state index contributed by atoms with van der Waals surface area (Å²) in [7, 11) is 1.81. The number of para-hydroxylation sites is 1. The molecule has 1 saturated carbocycles. The second-order valence-corrected chi connectivity index (χ2v) is 6.35. The summed E-state index contributed by atoms with van der Waals surface area (Å²) in [5.74, 6) is -0.658. The van der Waals surface area contributed by atoms with E-state index >= 15 is 0 Å². The molecule has 1 N–H and O–H groups in total. The van der Waals surface area contributed by atoms with Crippen LogP contribution in [0.2, 0.25) is 0 Å². The average Bonchev–Trinajstić information content (AvgIpc) is 3.01. The maximum Gasteiger partial charge on any atom is 0.314 e. The van der Waals surface area contributed by atoms with Crippen LogP contribution in [0.3, 0.4) is 0 Å². The van der Waals surface area contributed by atoms with Crippen LogP contribution in [0, 0.1) is 0 Å². The zero-order valence-corrected chi connectivity index (χ0v) is 12.9. The molecule has 0 spiro atoms. The van der Waals surface area contributed by atoms with E-state index in [9.17, 15) is 14.7 Å². The third-order valence-electron chi connectivity index (χ3n) is 5.08. The van der Waals surface area contributed by atoms with Crippen LogP contribution in [-0.2, 0) is 15.0 Å². The van der Waals surface area contributed by atoms with Gasteiger partial charge in [0.2, 0.25) is 5.91 Å². The molecule has 5 heteroatoms. The van der Waals surface area contributed by atoms with Gasteiger partial charge in [-0.2, -0.15) is 0 Å². The summed E-state index contributed by atoms with van der Waals surface area (Å²) in [4.78, 5) is 27.7. The van der Waals surface area contributed by atoms with Crippen molar-refractivity contribution in [2.45, 2.75) is 31.1 Å². The number of rotatable bonds is 3. The lowest BCUT2D eigenvalue weighted by atomic mass is 9.77. The minimum atomic E-state index is -0.789. The molecule has 1 aromatic rings. The monoisotopic (exact) mass is 302 g/mol. The van der Waals surface area contributed by atoms with E-state index in [1.807, 2.05) is 29.2 Å². The van der Waals surface area contributed by atoms with Crippen LogP contribution in [0.5, 0.6) is 0 Å². The van der Waals surface area contributed by atoms with E-state index in [1.165, 1.54) is 0 Å². The lowest BCUT2D eigenvalue weighted by Crippen LogP contribution is -2.49. The predicted molar refractivity (Wildman–Crippen MR) is 84.1 cm³/mol. The van der Waals surface area contributed by atoms with Crippen molar-refractivity contribution >= 4 is 17.6 Å². The Kier molecular flexibility index (Phi) is 3.81. The van der Waals surface area contributed by atoms with Gasteiger partial charge in [0.15, 0.2) is 0 Å². The summed E-state index contributed by atoms with van der Waals surface area (Å²) < 4.78 is 0. The maximum absolute atomic E-state index is 12.0. The van der Waals surface area contributed by atoms with Crippen LogP contribution in [0.25, 0.3) is 0 Å². The number of hydrogen-bond donors (Lipinski definition) is 1. The first kappa shape index (κ1) is 14.9. The zero-order valence-electron chi connectivity index (χ0n) is 12.9. The van der Waals surface area contributed by atoms with Gasteiger partial charge in [-0.05, 0) is 24.5 Å². The quantitative estimate of drug-likeness (QED) is 0.926. The molecule has 1 aliphatic carbocycles. The molecular formula is C17H22N2O3. The van der Waals surface area contributed by atoms with Crippen molar-refractivity contribution < 1.29 is 14.7 Å². The number of benzene rings is 1. The number of hydrogen-bond acceptors (Lipinski definition) is 3. The van der Waals surface area contributed by atoms with E-state index in [1.54, 1.807) is 11.9 Å². The third-order valence-corrected chi connectivity index (χ3v) is 5.08. The van der Waals surface area contributed by atoms with Gasteiger partial charge in [0.1, 0.15) is 0 Å². The van der Waals surface area contributed by atoms with E-state index in [-0.39, 0.29) is 5.91 Å². The Morgan fingerprint density at radius 3 is 2.50 bits per heavy atom. The molecule has 0 aromatic heterocycles. The predicted octanol–water partition coefficient (Wildman–Crippen LogP) is 1.86. The molecule has 118 valence electrons. The largest absolute Gasteiger partial charge is 0.481 e. The van der Waals surface area contributed by atoms with Crippen molar-refractivity contribution in [3.63, 3.8) is 0 Å². The van der Waals surface area contributed by atoms with Gasteiger partial charge in [-0.1, -0.05) is 31.0 Å². The lowest BCUT2D eigenvalue weighted by Gasteiger charge is -2.37. The number of carbonyl (C=O) groups excluding carboxylic acids is 1. The standard InChI is InChI=1S/C17H22N2O3/c1-18-10-11-19(12-15(18)20)14-7-3-2-6-13(14)17(16(21)22)8-4-5-9-17/h2-3,6-7H,4-5,8-12H2,1H3,(H,21,22). The molecule has 2 aliphatic rings. The first-order valence-electron chi connectivity index (χ1n) is 7.86. The molecule has 1 heterocycles. The highest BCUT2D eigenvalue weighted by molar-refractivity contribution is 5.87. The van der Waals surface area contributed by atoms with Gasteiger partial charge in [0.05, 0.1) is 12.0 Å². The maximum atomic E-state index is 12.0. The highest BCUT2D eigenvalue weighted by Gasteiger charge is 2.45. The number of anilines is 1. The second-order valence-electron chi connectivity index (χ2n) is 6.35. The Balaban J connectivity index is 2.00. The SMILES string of the molecule is CN1CCN(c2ccccc2C2(C(=O)O)CCCC2)CC1=O. The molecule has 0 unspecified atom stereocenters. The van der Waals surface area contributed by atoms with E-state index in [0.717, 1.165) is 30.6 Å². The Morgan fingerprint density at radius 2 is 1.86 bits per heavy atom. The average molecular weight is 302 g/mol. The van der Waals surface area contributed by atoms with Gasteiger partial charge < -0.3 is 14.9 Å². The summed E-state index contributed by atoms with van der Waals surface area (Å²) >= 11 is 0. The van der Waals surface area contributed by atoms with Crippen LogP contribution in [0.1, 0.15) is 31.2 Å². The second kappa shape index (κ2) is 5.63. The topological polar surface area (TPSA) is 60.9 Å². The highest BCUT2D eigenvalue weighted by Crippen LogP contribution is 2.45. The molecular weight excluding hydrogens is 280 g/mol. The fourth-order valence-corrected chi connectivity index (χ4v) is 3.70. The van der Waals surface area contributed by atoms with Crippen LogP contribution in [0.4, 0.5) is 5.69 Å². The van der Waals surface area contributed by atoms with Crippen LogP contribution >= 0.6 is 0 Å². The molecule has 0 atom stereocenters. The molecule has 2 fully saturated rings. The number of likely N-dealkylation sites (N-methyl/N-ethyl adjacent to an activating group) is 1. The van der Waals surface area contributed by atoms with Gasteiger partial charge in [-0.15, -0.1) is 0 Å². The Labute approximate surface area is 130 Å². The molecule has 22 heavy (non-hydrogen) atoms. The summed E-state index contributed by atoms with van der Waals surface area (Å²) in [5, 5.41) is 9.84. The van der Waals surface area contributed by atoms with Gasteiger partial charge in [0.25, 0.3) is 0 Å². The minimum Gasteiger partial charge on any atom is -0.481 e. The van der Waals surface area contributed by atoms with Gasteiger partial charge >= 0.3 is 5.97 Å². The molecule has 3 rings (SSSR count). The summed E-state index contributed by atoms with van der Waals surface area (Å²) in [6.07, 6.45) is 3.26. The third kappa shape index (κ3) is 2.34. The first-order valence-corrected chi connectivity index (χ1v) is 7.86. The number of carboxylic acid groups (broad SMARTS) is 1. The van der Waals surface area contributed by atoms with Gasteiger partial charge in [-0.25, -0.2) is 0 Å². The van der Waals surface area contributed by atoms with Crippen molar-refractivity contribution in [1.82, 2.24) is 4.90 Å². The van der Waals surface area contributed by atoms with E-state index in [4.69, 9.17) is 0 Å².